The number of alkyl halides is 6. The molecule has 0 amide bonds. The number of halogens is 6. The first-order valence-electron chi connectivity index (χ1n) is 5.01. The fourth-order valence-electron chi connectivity index (χ4n) is 1.92. The van der Waals surface area contributed by atoms with Gasteiger partial charge in [0.1, 0.15) is 0 Å². The van der Waals surface area contributed by atoms with Crippen LogP contribution in [0.4, 0.5) is 26.3 Å². The van der Waals surface area contributed by atoms with Crippen LogP contribution < -0.4 is 5.73 Å². The van der Waals surface area contributed by atoms with Gasteiger partial charge in [-0.1, -0.05) is 19.3 Å². The number of hydrogen-bond acceptors (Lipinski definition) is 1. The van der Waals surface area contributed by atoms with Crippen molar-refractivity contribution in [2.75, 3.05) is 0 Å². The summed E-state index contributed by atoms with van der Waals surface area (Å²) in [5.74, 6) is -3.48. The van der Waals surface area contributed by atoms with E-state index in [1.165, 1.54) is 0 Å². The smallest absolute Gasteiger partial charge is 0.327 e. The molecule has 0 aromatic rings. The predicted molar refractivity (Wildman–Crippen MR) is 45.5 cm³/mol. The molecule has 1 fully saturated rings. The summed E-state index contributed by atoms with van der Waals surface area (Å²) in [6, 6.07) is -1.88. The monoisotopic (exact) mass is 249 g/mol. The van der Waals surface area contributed by atoms with Crippen molar-refractivity contribution < 1.29 is 26.3 Å². The SMILES string of the molecule is NC(CC1CCC1)C(C(F)(F)F)C(F)(F)F. The zero-order chi connectivity index (χ0) is 12.6. The van der Waals surface area contributed by atoms with Gasteiger partial charge in [-0.3, -0.25) is 0 Å². The second-order valence-electron chi connectivity index (χ2n) is 4.26. The summed E-state index contributed by atoms with van der Waals surface area (Å²) >= 11 is 0. The highest BCUT2D eigenvalue weighted by Crippen LogP contribution is 2.43. The minimum absolute atomic E-state index is 0.0813. The Labute approximate surface area is 89.0 Å². The van der Waals surface area contributed by atoms with Crippen molar-refractivity contribution in [2.45, 2.75) is 44.1 Å². The van der Waals surface area contributed by atoms with Crippen molar-refractivity contribution in [1.29, 1.82) is 0 Å². The van der Waals surface area contributed by atoms with Gasteiger partial charge < -0.3 is 5.73 Å². The predicted octanol–water partition coefficient (Wildman–Crippen LogP) is 3.24. The molecule has 96 valence electrons. The molecule has 1 aliphatic carbocycles. The second-order valence-corrected chi connectivity index (χ2v) is 4.26. The topological polar surface area (TPSA) is 26.0 Å². The third kappa shape index (κ3) is 3.26. The zero-order valence-corrected chi connectivity index (χ0v) is 8.41. The first-order valence-corrected chi connectivity index (χ1v) is 5.01. The Bertz CT molecular complexity index is 215. The average Bonchev–Trinajstić information content (AvgIpc) is 1.90. The highest BCUT2D eigenvalue weighted by molar-refractivity contribution is 4.87. The van der Waals surface area contributed by atoms with E-state index < -0.39 is 24.3 Å². The Kier molecular flexibility index (Phi) is 3.76. The number of hydrogen-bond donors (Lipinski definition) is 1. The largest absolute Gasteiger partial charge is 0.401 e. The van der Waals surface area contributed by atoms with Crippen LogP contribution >= 0.6 is 0 Å². The lowest BCUT2D eigenvalue weighted by Gasteiger charge is -2.33. The van der Waals surface area contributed by atoms with E-state index in [9.17, 15) is 26.3 Å². The van der Waals surface area contributed by atoms with E-state index in [0.717, 1.165) is 6.42 Å². The maximum absolute atomic E-state index is 12.2. The third-order valence-corrected chi connectivity index (χ3v) is 2.96. The number of nitrogens with two attached hydrogens (primary N) is 1. The summed E-state index contributed by atoms with van der Waals surface area (Å²) in [5, 5.41) is 0. The van der Waals surface area contributed by atoms with Gasteiger partial charge in [-0.05, 0) is 12.3 Å². The van der Waals surface area contributed by atoms with Gasteiger partial charge in [0.05, 0.1) is 0 Å². The molecule has 0 saturated heterocycles. The van der Waals surface area contributed by atoms with Crippen molar-refractivity contribution in [3.05, 3.63) is 0 Å². The fraction of sp³-hybridized carbons (Fsp3) is 1.00. The summed E-state index contributed by atoms with van der Waals surface area (Å²) in [6.07, 6.45) is -8.63. The van der Waals surface area contributed by atoms with Crippen molar-refractivity contribution in [3.63, 3.8) is 0 Å². The van der Waals surface area contributed by atoms with Crippen LogP contribution in [0, 0.1) is 11.8 Å². The quantitative estimate of drug-likeness (QED) is 0.763. The van der Waals surface area contributed by atoms with E-state index in [-0.39, 0.29) is 12.3 Å². The molecule has 0 heterocycles. The average molecular weight is 249 g/mol. The van der Waals surface area contributed by atoms with Crippen molar-refractivity contribution in [1.82, 2.24) is 0 Å². The molecule has 1 aliphatic rings. The Morgan fingerprint density at radius 3 is 1.69 bits per heavy atom. The molecule has 1 nitrogen and oxygen atoms in total. The lowest BCUT2D eigenvalue weighted by Crippen LogP contribution is -2.49. The van der Waals surface area contributed by atoms with Gasteiger partial charge >= 0.3 is 12.4 Å². The first kappa shape index (κ1) is 13.6. The summed E-state index contributed by atoms with van der Waals surface area (Å²) in [7, 11) is 0. The van der Waals surface area contributed by atoms with Crippen LogP contribution in [0.25, 0.3) is 0 Å². The minimum Gasteiger partial charge on any atom is -0.327 e. The van der Waals surface area contributed by atoms with E-state index >= 15 is 0 Å². The molecule has 0 aromatic carbocycles. The van der Waals surface area contributed by atoms with E-state index in [4.69, 9.17) is 5.73 Å². The maximum Gasteiger partial charge on any atom is 0.401 e. The molecule has 7 heteroatoms. The van der Waals surface area contributed by atoms with Crippen LogP contribution in [0.5, 0.6) is 0 Å². The maximum atomic E-state index is 12.2. The van der Waals surface area contributed by atoms with Gasteiger partial charge in [-0.2, -0.15) is 26.3 Å². The molecule has 0 radical (unpaired) electrons. The fourth-order valence-corrected chi connectivity index (χ4v) is 1.92. The normalized spacial score (nSPS) is 21.0. The molecule has 0 bridgehead atoms. The summed E-state index contributed by atoms with van der Waals surface area (Å²) in [4.78, 5) is 0. The Morgan fingerprint density at radius 2 is 1.44 bits per heavy atom. The molecule has 1 rings (SSSR count). The van der Waals surface area contributed by atoms with Crippen molar-refractivity contribution >= 4 is 0 Å². The van der Waals surface area contributed by atoms with Gasteiger partial charge in [0.15, 0.2) is 5.92 Å². The molecule has 0 aromatic heterocycles. The molecule has 16 heavy (non-hydrogen) atoms. The Hall–Kier alpha value is -0.460. The van der Waals surface area contributed by atoms with E-state index in [1.54, 1.807) is 0 Å². The molecule has 0 spiro atoms. The van der Waals surface area contributed by atoms with Crippen molar-refractivity contribution in [3.8, 4) is 0 Å². The molecular formula is C9H13F6N. The van der Waals surface area contributed by atoms with Gasteiger partial charge in [0.2, 0.25) is 0 Å². The van der Waals surface area contributed by atoms with Crippen LogP contribution in [0.3, 0.4) is 0 Å². The van der Waals surface area contributed by atoms with Gasteiger partial charge in [-0.15, -0.1) is 0 Å². The third-order valence-electron chi connectivity index (χ3n) is 2.96. The van der Waals surface area contributed by atoms with Gasteiger partial charge in [0, 0.05) is 6.04 Å². The van der Waals surface area contributed by atoms with E-state index in [1.807, 2.05) is 0 Å². The Morgan fingerprint density at radius 1 is 1.00 bits per heavy atom. The molecular weight excluding hydrogens is 236 g/mol. The van der Waals surface area contributed by atoms with Crippen LogP contribution in [0.15, 0.2) is 0 Å². The van der Waals surface area contributed by atoms with Crippen LogP contribution in [0.1, 0.15) is 25.7 Å². The molecule has 1 saturated carbocycles. The minimum atomic E-state index is -5.32. The van der Waals surface area contributed by atoms with E-state index in [2.05, 4.69) is 0 Å². The lowest BCUT2D eigenvalue weighted by molar-refractivity contribution is -0.290. The summed E-state index contributed by atoms with van der Waals surface area (Å²) < 4.78 is 73.4. The van der Waals surface area contributed by atoms with Crippen molar-refractivity contribution in [2.24, 2.45) is 17.6 Å². The molecule has 0 aliphatic heterocycles. The summed E-state index contributed by atoms with van der Waals surface area (Å²) in [5.41, 5.74) is 5.06. The van der Waals surface area contributed by atoms with Crippen LogP contribution in [-0.4, -0.2) is 18.4 Å². The number of rotatable bonds is 3. The van der Waals surface area contributed by atoms with E-state index in [0.29, 0.717) is 12.8 Å². The highest BCUT2D eigenvalue weighted by Gasteiger charge is 2.59. The standard InChI is InChI=1S/C9H13F6N/c10-8(11,12)7(9(13,14)15)6(16)4-5-2-1-3-5/h5-7H,1-4,16H2. The van der Waals surface area contributed by atoms with Crippen LogP contribution in [0.2, 0.25) is 0 Å². The van der Waals surface area contributed by atoms with Gasteiger partial charge in [0.25, 0.3) is 0 Å². The van der Waals surface area contributed by atoms with Crippen LogP contribution in [-0.2, 0) is 0 Å². The lowest BCUT2D eigenvalue weighted by atomic mass is 9.78. The highest BCUT2D eigenvalue weighted by atomic mass is 19.4. The molecule has 2 N–H and O–H groups in total. The molecule has 1 atom stereocenters. The second kappa shape index (κ2) is 4.43. The zero-order valence-electron chi connectivity index (χ0n) is 8.41. The first-order chi connectivity index (χ1) is 7.12. The Balaban J connectivity index is 2.67. The molecule has 1 unspecified atom stereocenters. The van der Waals surface area contributed by atoms with Gasteiger partial charge in [-0.25, -0.2) is 0 Å². The summed E-state index contributed by atoms with van der Waals surface area (Å²) in [6.45, 7) is 0.